The highest BCUT2D eigenvalue weighted by atomic mass is 32.1. The minimum absolute atomic E-state index is 0. The average molecular weight is 167 g/mol. The van der Waals surface area contributed by atoms with Crippen LogP contribution in [0, 0.1) is 0 Å². The molecule has 0 saturated carbocycles. The van der Waals surface area contributed by atoms with Gasteiger partial charge in [0.2, 0.25) is 0 Å². The molecular formula is C9H13NS. The molecule has 0 heterocycles. The van der Waals surface area contributed by atoms with Gasteiger partial charge in [-0.2, -0.15) is 0 Å². The van der Waals surface area contributed by atoms with Crippen molar-refractivity contribution in [3.63, 3.8) is 0 Å². The maximum absolute atomic E-state index is 4.91. The van der Waals surface area contributed by atoms with Crippen molar-refractivity contribution in [1.29, 1.82) is 0 Å². The van der Waals surface area contributed by atoms with Crippen molar-refractivity contribution in [3.05, 3.63) is 36.1 Å². The van der Waals surface area contributed by atoms with E-state index in [0.29, 0.717) is 0 Å². The third kappa shape index (κ3) is 3.14. The van der Waals surface area contributed by atoms with E-state index in [4.69, 9.17) is 12.2 Å². The molecular weight excluding hydrogens is 154 g/mol. The van der Waals surface area contributed by atoms with Gasteiger partial charge in [-0.15, -0.1) is 0 Å². The Balaban J connectivity index is 0.00000121. The van der Waals surface area contributed by atoms with E-state index in [2.05, 4.69) is 17.5 Å². The summed E-state index contributed by atoms with van der Waals surface area (Å²) in [5.41, 5.74) is 1.06. The zero-order valence-electron chi connectivity index (χ0n) is 6.50. The molecule has 1 nitrogen and oxygen atoms in total. The fourth-order valence-electron chi connectivity index (χ4n) is 0.866. The molecule has 0 bridgehead atoms. The summed E-state index contributed by atoms with van der Waals surface area (Å²) in [7, 11) is 0. The largest absolute Gasteiger partial charge is 0.350 e. The summed E-state index contributed by atoms with van der Waals surface area (Å²) < 4.78 is 0. The van der Waals surface area contributed by atoms with Gasteiger partial charge in [0, 0.05) is 7.12 Å². The summed E-state index contributed by atoms with van der Waals surface area (Å²) in [5, 5.41) is 3.08. The Morgan fingerprint density at radius 3 is 3.18 bits per heavy atom. The second kappa shape index (κ2) is 4.09. The van der Waals surface area contributed by atoms with Crippen LogP contribution in [0.15, 0.2) is 36.1 Å². The van der Waals surface area contributed by atoms with Gasteiger partial charge in [-0.05, 0) is 25.5 Å². The molecule has 11 heavy (non-hydrogen) atoms. The lowest BCUT2D eigenvalue weighted by Gasteiger charge is -2.01. The van der Waals surface area contributed by atoms with E-state index in [9.17, 15) is 0 Å². The van der Waals surface area contributed by atoms with Crippen LogP contribution in [0.1, 0.15) is 14.8 Å². The monoisotopic (exact) mass is 167 g/mol. The Kier molecular flexibility index (Phi) is 3.05. The lowest BCUT2D eigenvalue weighted by molar-refractivity contribution is 1.19. The molecule has 1 N–H and O–H groups in total. The lowest BCUT2D eigenvalue weighted by atomic mass is 10.3. The maximum Gasteiger partial charge on any atom is 0.0765 e. The summed E-state index contributed by atoms with van der Waals surface area (Å²) >= 11 is 4.91. The van der Waals surface area contributed by atoms with Crippen molar-refractivity contribution < 1.29 is 1.43 Å². The topological polar surface area (TPSA) is 12.0 Å². The molecule has 0 amide bonds. The smallest absolute Gasteiger partial charge is 0.0765 e. The maximum atomic E-state index is 4.91. The van der Waals surface area contributed by atoms with E-state index in [0.717, 1.165) is 17.1 Å². The predicted octanol–water partition coefficient (Wildman–Crippen LogP) is 2.57. The van der Waals surface area contributed by atoms with Crippen molar-refractivity contribution in [2.75, 3.05) is 0 Å². The second-order valence-electron chi connectivity index (χ2n) is 2.37. The quantitative estimate of drug-likeness (QED) is 0.602. The highest BCUT2D eigenvalue weighted by Gasteiger charge is 1.91. The molecule has 0 radical (unpaired) electrons. The van der Waals surface area contributed by atoms with Crippen LogP contribution in [0.5, 0.6) is 0 Å². The number of thiocarbonyl (C=S) groups is 1. The molecule has 0 saturated heterocycles. The predicted molar refractivity (Wildman–Crippen MR) is 54.5 cm³/mol. The number of nitrogens with one attached hydrogen (secondary N) is 1. The zero-order valence-corrected chi connectivity index (χ0v) is 7.32. The number of rotatable bonds is 1. The molecule has 60 valence electrons. The normalized spacial score (nSPS) is 15.5. The van der Waals surface area contributed by atoms with Gasteiger partial charge in [0.15, 0.2) is 0 Å². The van der Waals surface area contributed by atoms with Gasteiger partial charge in [0.05, 0.1) is 4.99 Å². The molecule has 0 spiro atoms. The third-order valence-electron chi connectivity index (χ3n) is 1.30. The van der Waals surface area contributed by atoms with Crippen LogP contribution in [0.4, 0.5) is 0 Å². The second-order valence-corrected chi connectivity index (χ2v) is 2.98. The molecule has 0 fully saturated rings. The van der Waals surface area contributed by atoms with Crippen LogP contribution < -0.4 is 5.32 Å². The van der Waals surface area contributed by atoms with Crippen molar-refractivity contribution in [2.24, 2.45) is 0 Å². The van der Waals surface area contributed by atoms with E-state index in [1.54, 1.807) is 0 Å². The highest BCUT2D eigenvalue weighted by molar-refractivity contribution is 7.80. The first-order chi connectivity index (χ1) is 5.29. The average Bonchev–Trinajstić information content (AvgIpc) is 2.14. The highest BCUT2D eigenvalue weighted by Crippen LogP contribution is 2.00. The van der Waals surface area contributed by atoms with Crippen LogP contribution in [0.25, 0.3) is 0 Å². The van der Waals surface area contributed by atoms with Gasteiger partial charge in [0.1, 0.15) is 0 Å². The number of hydrogen-bond acceptors (Lipinski definition) is 1. The fourth-order valence-corrected chi connectivity index (χ4v) is 0.984. The zero-order chi connectivity index (χ0) is 8.10. The van der Waals surface area contributed by atoms with E-state index >= 15 is 0 Å². The summed E-state index contributed by atoms with van der Waals surface area (Å²) in [6.45, 7) is 1.87. The summed E-state index contributed by atoms with van der Waals surface area (Å²) in [5.74, 6) is 0. The Bertz CT molecular complexity index is 241. The molecule has 0 aromatic heterocycles. The van der Waals surface area contributed by atoms with Crippen LogP contribution >= 0.6 is 12.2 Å². The minimum atomic E-state index is 0. The first-order valence-electron chi connectivity index (χ1n) is 3.60. The minimum Gasteiger partial charge on any atom is -0.350 e. The summed E-state index contributed by atoms with van der Waals surface area (Å²) in [6, 6.07) is 0. The Hall–Kier alpha value is -0.890. The molecule has 2 heteroatoms. The van der Waals surface area contributed by atoms with Crippen molar-refractivity contribution in [1.82, 2.24) is 5.32 Å². The SMILES string of the molecule is CC(=S)NC1=CC=CCC=C1.[HH]. The number of allylic oxidation sites excluding steroid dienone is 5. The van der Waals surface area contributed by atoms with Crippen molar-refractivity contribution >= 4 is 17.2 Å². The van der Waals surface area contributed by atoms with Gasteiger partial charge in [-0.25, -0.2) is 0 Å². The lowest BCUT2D eigenvalue weighted by Crippen LogP contribution is -2.15. The molecule has 1 aliphatic carbocycles. The Labute approximate surface area is 74.0 Å². The Morgan fingerprint density at radius 1 is 1.64 bits per heavy atom. The Morgan fingerprint density at radius 2 is 2.45 bits per heavy atom. The third-order valence-corrected chi connectivity index (χ3v) is 1.40. The van der Waals surface area contributed by atoms with E-state index in [1.807, 2.05) is 25.2 Å². The van der Waals surface area contributed by atoms with Crippen molar-refractivity contribution in [2.45, 2.75) is 13.3 Å². The molecule has 0 aromatic carbocycles. The van der Waals surface area contributed by atoms with E-state index in [-0.39, 0.29) is 1.43 Å². The molecule has 0 atom stereocenters. The van der Waals surface area contributed by atoms with Crippen LogP contribution in [0.3, 0.4) is 0 Å². The molecule has 0 unspecified atom stereocenters. The van der Waals surface area contributed by atoms with E-state index < -0.39 is 0 Å². The molecule has 1 aliphatic rings. The fraction of sp³-hybridized carbons (Fsp3) is 0.222. The van der Waals surface area contributed by atoms with Crippen LogP contribution in [0.2, 0.25) is 0 Å². The van der Waals surface area contributed by atoms with Gasteiger partial charge in [-0.3, -0.25) is 0 Å². The first kappa shape index (κ1) is 8.21. The molecule has 0 aromatic rings. The molecule has 0 aliphatic heterocycles. The number of hydrogen-bond donors (Lipinski definition) is 1. The molecule has 1 rings (SSSR count). The van der Waals surface area contributed by atoms with Crippen LogP contribution in [-0.2, 0) is 0 Å². The van der Waals surface area contributed by atoms with Gasteiger partial charge in [-0.1, -0.05) is 30.4 Å². The van der Waals surface area contributed by atoms with Gasteiger partial charge >= 0.3 is 0 Å². The van der Waals surface area contributed by atoms with Gasteiger partial charge < -0.3 is 5.32 Å². The first-order valence-corrected chi connectivity index (χ1v) is 4.01. The summed E-state index contributed by atoms with van der Waals surface area (Å²) in [4.78, 5) is 0.802. The summed E-state index contributed by atoms with van der Waals surface area (Å²) in [6.07, 6.45) is 11.3. The van der Waals surface area contributed by atoms with Crippen molar-refractivity contribution in [3.8, 4) is 0 Å². The van der Waals surface area contributed by atoms with Crippen LogP contribution in [-0.4, -0.2) is 4.99 Å². The van der Waals surface area contributed by atoms with E-state index in [1.165, 1.54) is 0 Å². The van der Waals surface area contributed by atoms with Gasteiger partial charge in [0.25, 0.3) is 0 Å². The standard InChI is InChI=1S/C9H11NS.H2/c1-8(11)10-9-6-4-2-3-5-7-9;/h2,4-7H,3H2,1H3,(H,10,11);1H.